The number of nitrogens with one attached hydrogen (secondary N) is 2. The number of nitrogens with two attached hydrogens (primary N) is 1. The number of aryl methyl sites for hydroxylation is 1. The quantitative estimate of drug-likeness (QED) is 0.306. The number of pyridine rings is 1. The summed E-state index contributed by atoms with van der Waals surface area (Å²) in [6.45, 7) is 2.03. The van der Waals surface area contributed by atoms with Gasteiger partial charge >= 0.3 is 0 Å². The van der Waals surface area contributed by atoms with E-state index in [-0.39, 0.29) is 0 Å². The molecule has 2 aromatic heterocycles. The summed E-state index contributed by atoms with van der Waals surface area (Å²) < 4.78 is 5.59. The van der Waals surface area contributed by atoms with Gasteiger partial charge in [-0.1, -0.05) is 18.2 Å². The molecule has 0 spiro atoms. The summed E-state index contributed by atoms with van der Waals surface area (Å²) in [4.78, 5) is 7.91. The van der Waals surface area contributed by atoms with Crippen LogP contribution in [0.4, 0.5) is 5.69 Å². The summed E-state index contributed by atoms with van der Waals surface area (Å²) in [6, 6.07) is 12.4. The van der Waals surface area contributed by atoms with Crippen LogP contribution >= 0.6 is 0 Å². The van der Waals surface area contributed by atoms with Crippen molar-refractivity contribution >= 4 is 27.6 Å². The van der Waals surface area contributed by atoms with E-state index in [1.807, 2.05) is 43.5 Å². The van der Waals surface area contributed by atoms with Crippen LogP contribution in [-0.2, 0) is 0 Å². The molecule has 5 N–H and O–H groups in total. The maximum Gasteiger partial charge on any atom is 0.165 e. The van der Waals surface area contributed by atoms with Gasteiger partial charge in [0.05, 0.1) is 18.3 Å². The number of methoxy groups -OCH3 is 1. The summed E-state index contributed by atoms with van der Waals surface area (Å²) in [5.41, 5.74) is 12.4. The Labute approximate surface area is 168 Å². The normalized spacial score (nSPS) is 15.1. The number of nitrogens with zero attached hydrogens (tertiary/aromatic N) is 1. The number of aliphatic hydroxyl groups excluding tert-OH is 1. The van der Waals surface area contributed by atoms with Crippen molar-refractivity contribution in [1.82, 2.24) is 15.3 Å². The lowest BCUT2D eigenvalue weighted by Crippen LogP contribution is -2.22. The molecule has 2 heterocycles. The maximum atomic E-state index is 10.5. The first-order valence-electron chi connectivity index (χ1n) is 9.84. The van der Waals surface area contributed by atoms with Gasteiger partial charge in [-0.05, 0) is 60.2 Å². The summed E-state index contributed by atoms with van der Waals surface area (Å²) in [5.74, 6) is 0.617. The molecule has 29 heavy (non-hydrogen) atoms. The van der Waals surface area contributed by atoms with E-state index in [4.69, 9.17) is 10.5 Å². The van der Waals surface area contributed by atoms with E-state index in [0.717, 1.165) is 57.0 Å². The molecule has 1 aliphatic carbocycles. The highest BCUT2D eigenvalue weighted by molar-refractivity contribution is 6.16. The standard InChI is InChI=1S/C23H24N4O2/c1-12-8-17-19-16(10-18(24)21(29-2)20(19)27-22(17)25-11-12)13-4-3-5-14(9-13)23(28)26-15-6-7-15/h3-5,8-11,15,23,26,28H,6-7,24H2,1-2H3,(H,25,27). The van der Waals surface area contributed by atoms with Crippen molar-refractivity contribution in [2.24, 2.45) is 0 Å². The molecule has 4 aromatic rings. The number of aromatic nitrogens is 2. The van der Waals surface area contributed by atoms with Crippen LogP contribution in [0.25, 0.3) is 33.1 Å². The van der Waals surface area contributed by atoms with Crippen molar-refractivity contribution in [2.45, 2.75) is 32.0 Å². The van der Waals surface area contributed by atoms with Crippen LogP contribution in [0.1, 0.15) is 30.2 Å². The molecule has 1 unspecified atom stereocenters. The van der Waals surface area contributed by atoms with Crippen LogP contribution in [0, 0.1) is 6.92 Å². The minimum Gasteiger partial charge on any atom is -0.492 e. The number of rotatable bonds is 5. The zero-order chi connectivity index (χ0) is 20.1. The van der Waals surface area contributed by atoms with Gasteiger partial charge in [0.15, 0.2) is 5.75 Å². The number of fused-ring (bicyclic) bond motifs is 3. The highest BCUT2D eigenvalue weighted by Gasteiger charge is 2.24. The van der Waals surface area contributed by atoms with Gasteiger partial charge in [0.25, 0.3) is 0 Å². The first-order valence-corrected chi connectivity index (χ1v) is 9.84. The lowest BCUT2D eigenvalue weighted by Gasteiger charge is -2.15. The average Bonchev–Trinajstić information content (AvgIpc) is 3.46. The third-order valence-electron chi connectivity index (χ3n) is 5.53. The number of aliphatic hydroxyl groups is 1. The smallest absolute Gasteiger partial charge is 0.165 e. The molecular weight excluding hydrogens is 364 g/mol. The van der Waals surface area contributed by atoms with Crippen molar-refractivity contribution < 1.29 is 9.84 Å². The third kappa shape index (κ3) is 3.10. The molecule has 6 heteroatoms. The fourth-order valence-corrected chi connectivity index (χ4v) is 3.96. The van der Waals surface area contributed by atoms with Crippen molar-refractivity contribution in [3.05, 3.63) is 53.7 Å². The van der Waals surface area contributed by atoms with E-state index in [0.29, 0.717) is 17.5 Å². The van der Waals surface area contributed by atoms with Crippen LogP contribution in [0.15, 0.2) is 42.6 Å². The fraction of sp³-hybridized carbons (Fsp3) is 0.261. The SMILES string of the molecule is COc1c(N)cc(-c2cccc(C(O)NC3CC3)c2)c2c1[nH]c1ncc(C)cc12. The highest BCUT2D eigenvalue weighted by atomic mass is 16.5. The van der Waals surface area contributed by atoms with E-state index in [1.165, 1.54) is 0 Å². The zero-order valence-electron chi connectivity index (χ0n) is 16.5. The van der Waals surface area contributed by atoms with Crippen LogP contribution < -0.4 is 15.8 Å². The number of benzene rings is 2. The summed E-state index contributed by atoms with van der Waals surface area (Å²) in [6.07, 6.45) is 3.40. The molecule has 6 nitrogen and oxygen atoms in total. The predicted molar refractivity (Wildman–Crippen MR) is 116 cm³/mol. The number of hydrogen-bond donors (Lipinski definition) is 4. The van der Waals surface area contributed by atoms with Crippen molar-refractivity contribution in [1.29, 1.82) is 0 Å². The molecule has 2 aromatic carbocycles. The average molecular weight is 388 g/mol. The Hall–Kier alpha value is -3.09. The van der Waals surface area contributed by atoms with Crippen LogP contribution in [-0.4, -0.2) is 28.2 Å². The van der Waals surface area contributed by atoms with Crippen LogP contribution in [0.3, 0.4) is 0 Å². The van der Waals surface area contributed by atoms with Gasteiger partial charge < -0.3 is 20.6 Å². The number of anilines is 1. The fourth-order valence-electron chi connectivity index (χ4n) is 3.96. The lowest BCUT2D eigenvalue weighted by molar-refractivity contribution is 0.137. The summed E-state index contributed by atoms with van der Waals surface area (Å²) >= 11 is 0. The molecule has 1 saturated carbocycles. The van der Waals surface area contributed by atoms with Crippen molar-refractivity contribution in [2.75, 3.05) is 12.8 Å². The first kappa shape index (κ1) is 18.0. The molecule has 1 atom stereocenters. The summed E-state index contributed by atoms with van der Waals surface area (Å²) in [5, 5.41) is 15.8. The Balaban J connectivity index is 1.74. The Morgan fingerprint density at radius 1 is 1.28 bits per heavy atom. The number of ether oxygens (including phenoxy) is 1. The monoisotopic (exact) mass is 388 g/mol. The molecule has 0 amide bonds. The van der Waals surface area contributed by atoms with Gasteiger partial charge in [-0.25, -0.2) is 4.98 Å². The van der Waals surface area contributed by atoms with Crippen molar-refractivity contribution in [3.8, 4) is 16.9 Å². The lowest BCUT2D eigenvalue weighted by atomic mass is 9.96. The predicted octanol–water partition coefficient (Wildman–Crippen LogP) is 4.03. The molecular formula is C23H24N4O2. The summed E-state index contributed by atoms with van der Waals surface area (Å²) in [7, 11) is 1.62. The molecule has 1 aliphatic rings. The largest absolute Gasteiger partial charge is 0.492 e. The van der Waals surface area contributed by atoms with E-state index in [9.17, 15) is 5.11 Å². The zero-order valence-corrected chi connectivity index (χ0v) is 16.5. The van der Waals surface area contributed by atoms with Gasteiger partial charge in [0.1, 0.15) is 11.9 Å². The number of hydrogen-bond acceptors (Lipinski definition) is 5. The van der Waals surface area contributed by atoms with Gasteiger partial charge in [-0.3, -0.25) is 5.32 Å². The molecule has 0 aliphatic heterocycles. The van der Waals surface area contributed by atoms with Gasteiger partial charge in [-0.2, -0.15) is 0 Å². The number of nitrogen functional groups attached to an aromatic ring is 1. The van der Waals surface area contributed by atoms with E-state index in [1.54, 1.807) is 7.11 Å². The van der Waals surface area contributed by atoms with Gasteiger partial charge in [0.2, 0.25) is 0 Å². The Bertz CT molecular complexity index is 1230. The van der Waals surface area contributed by atoms with Gasteiger partial charge in [0, 0.05) is 23.0 Å². The molecule has 5 rings (SSSR count). The molecule has 1 fully saturated rings. The molecule has 0 saturated heterocycles. The first-order chi connectivity index (χ1) is 14.0. The minimum atomic E-state index is -0.680. The van der Waals surface area contributed by atoms with E-state index >= 15 is 0 Å². The Morgan fingerprint density at radius 3 is 2.86 bits per heavy atom. The Morgan fingerprint density at radius 2 is 2.10 bits per heavy atom. The molecule has 148 valence electrons. The highest BCUT2D eigenvalue weighted by Crippen LogP contribution is 2.42. The molecule has 0 radical (unpaired) electrons. The second-order valence-electron chi connectivity index (χ2n) is 7.80. The van der Waals surface area contributed by atoms with E-state index < -0.39 is 6.23 Å². The number of aromatic amines is 1. The second-order valence-corrected chi connectivity index (χ2v) is 7.80. The van der Waals surface area contributed by atoms with Crippen LogP contribution in [0.2, 0.25) is 0 Å². The molecule has 0 bridgehead atoms. The van der Waals surface area contributed by atoms with E-state index in [2.05, 4.69) is 21.4 Å². The topological polar surface area (TPSA) is 96.2 Å². The Kier molecular flexibility index (Phi) is 4.19. The third-order valence-corrected chi connectivity index (χ3v) is 5.53. The van der Waals surface area contributed by atoms with Crippen molar-refractivity contribution in [3.63, 3.8) is 0 Å². The minimum absolute atomic E-state index is 0.416. The van der Waals surface area contributed by atoms with Crippen LogP contribution in [0.5, 0.6) is 5.75 Å². The number of H-pyrrole nitrogens is 1. The second kappa shape index (κ2) is 6.76. The van der Waals surface area contributed by atoms with Gasteiger partial charge in [-0.15, -0.1) is 0 Å². The maximum absolute atomic E-state index is 10.5.